The quantitative estimate of drug-likeness (QED) is 0.296. The van der Waals surface area contributed by atoms with E-state index in [0.717, 1.165) is 40.1 Å². The van der Waals surface area contributed by atoms with Crippen molar-refractivity contribution in [2.24, 2.45) is 0 Å². The molecule has 0 spiro atoms. The van der Waals surface area contributed by atoms with E-state index in [4.69, 9.17) is 17.0 Å². The Bertz CT molecular complexity index is 1430. The lowest BCUT2D eigenvalue weighted by molar-refractivity contribution is -0.137. The van der Waals surface area contributed by atoms with Gasteiger partial charge in [-0.3, -0.25) is 4.98 Å². The summed E-state index contributed by atoms with van der Waals surface area (Å²) in [7, 11) is 1.61. The summed E-state index contributed by atoms with van der Waals surface area (Å²) in [6, 6.07) is 20.2. The van der Waals surface area contributed by atoms with Gasteiger partial charge >= 0.3 is 6.18 Å². The number of hydrogen-bond acceptors (Lipinski definition) is 3. The molecule has 2 atom stereocenters. The SMILES string of the molecule is COc1ccc(N2C(=S)N[C@@H](c3ccccn3)[C@H]2c2cc(C)n(-c3cccc(C(F)(F)F)c3)c2C)cc1. The van der Waals surface area contributed by atoms with Gasteiger partial charge in [0, 0.05) is 29.0 Å². The number of aromatic nitrogens is 2. The highest BCUT2D eigenvalue weighted by Crippen LogP contribution is 2.44. The number of hydrogen-bond donors (Lipinski definition) is 1. The van der Waals surface area contributed by atoms with Crippen LogP contribution in [0, 0.1) is 13.8 Å². The normalized spacial score (nSPS) is 17.7. The molecule has 4 aromatic rings. The maximum absolute atomic E-state index is 13.5. The van der Waals surface area contributed by atoms with Crippen molar-refractivity contribution in [2.75, 3.05) is 12.0 Å². The van der Waals surface area contributed by atoms with Crippen molar-refractivity contribution in [3.05, 3.63) is 107 Å². The molecular weight excluding hydrogens is 497 g/mol. The van der Waals surface area contributed by atoms with Gasteiger partial charge in [-0.25, -0.2) is 0 Å². The number of alkyl halides is 3. The second-order valence-electron chi connectivity index (χ2n) is 8.90. The van der Waals surface area contributed by atoms with Crippen molar-refractivity contribution in [2.45, 2.75) is 32.1 Å². The first kappa shape index (κ1) is 24.8. The molecule has 2 aromatic carbocycles. The highest BCUT2D eigenvalue weighted by Gasteiger charge is 2.42. The largest absolute Gasteiger partial charge is 0.497 e. The molecule has 1 N–H and O–H groups in total. The van der Waals surface area contributed by atoms with Gasteiger partial charge in [-0.1, -0.05) is 12.1 Å². The number of benzene rings is 2. The number of nitrogens with zero attached hydrogens (tertiary/aromatic N) is 3. The molecule has 9 heteroatoms. The molecule has 1 saturated heterocycles. The van der Waals surface area contributed by atoms with Gasteiger partial charge in [0.05, 0.1) is 30.5 Å². The third-order valence-electron chi connectivity index (χ3n) is 6.67. The van der Waals surface area contributed by atoms with E-state index in [0.29, 0.717) is 10.8 Å². The highest BCUT2D eigenvalue weighted by molar-refractivity contribution is 7.80. The van der Waals surface area contributed by atoms with Crippen molar-refractivity contribution in [1.82, 2.24) is 14.9 Å². The van der Waals surface area contributed by atoms with E-state index in [-0.39, 0.29) is 12.1 Å². The molecule has 0 unspecified atom stereocenters. The van der Waals surface area contributed by atoms with Gasteiger partial charge in [0.2, 0.25) is 0 Å². The van der Waals surface area contributed by atoms with Gasteiger partial charge < -0.3 is 19.5 Å². The van der Waals surface area contributed by atoms with Gasteiger partial charge in [-0.15, -0.1) is 0 Å². The zero-order valence-electron chi connectivity index (χ0n) is 20.5. The van der Waals surface area contributed by atoms with E-state index in [9.17, 15) is 13.2 Å². The first-order valence-electron chi connectivity index (χ1n) is 11.7. The Kier molecular flexibility index (Phi) is 6.41. The van der Waals surface area contributed by atoms with Crippen LogP contribution in [0.5, 0.6) is 5.75 Å². The minimum Gasteiger partial charge on any atom is -0.497 e. The van der Waals surface area contributed by atoms with E-state index < -0.39 is 11.7 Å². The Balaban J connectivity index is 1.66. The monoisotopic (exact) mass is 522 g/mol. The zero-order chi connectivity index (χ0) is 26.3. The first-order chi connectivity index (χ1) is 17.7. The number of rotatable bonds is 5. The standard InChI is InChI=1S/C28H25F3N4OS/c1-17-15-23(18(2)34(17)21-8-6-7-19(16-21)28(29,30)31)26-25(24-9-4-5-14-32-24)33-27(37)35(26)20-10-12-22(36-3)13-11-20/h4-16,25-26H,1-3H3,(H,33,37)/t25-,26+/m0/s1. The molecule has 1 aliphatic rings. The van der Waals surface area contributed by atoms with Gasteiger partial charge in [-0.2, -0.15) is 13.2 Å². The zero-order valence-corrected chi connectivity index (χ0v) is 21.3. The third-order valence-corrected chi connectivity index (χ3v) is 6.98. The van der Waals surface area contributed by atoms with E-state index in [1.165, 1.54) is 12.1 Å². The maximum Gasteiger partial charge on any atom is 0.416 e. The lowest BCUT2D eigenvalue weighted by Gasteiger charge is -2.28. The molecule has 0 aliphatic carbocycles. The first-order valence-corrected chi connectivity index (χ1v) is 12.1. The van der Waals surface area contributed by atoms with Crippen LogP contribution in [0.4, 0.5) is 18.9 Å². The summed E-state index contributed by atoms with van der Waals surface area (Å²) in [5.74, 6) is 0.724. The smallest absolute Gasteiger partial charge is 0.416 e. The van der Waals surface area contributed by atoms with Gasteiger partial charge in [0.15, 0.2) is 5.11 Å². The summed E-state index contributed by atoms with van der Waals surface area (Å²) in [6.07, 6.45) is -2.69. The molecule has 190 valence electrons. The average Bonchev–Trinajstić information content (AvgIpc) is 3.39. The Morgan fingerprint density at radius 1 is 0.946 bits per heavy atom. The summed E-state index contributed by atoms with van der Waals surface area (Å²) in [4.78, 5) is 6.62. The van der Waals surface area contributed by atoms with Crippen LogP contribution in [0.25, 0.3) is 5.69 Å². The van der Waals surface area contributed by atoms with E-state index in [1.54, 1.807) is 19.4 Å². The number of methoxy groups -OCH3 is 1. The molecule has 1 aliphatic heterocycles. The molecule has 5 nitrogen and oxygen atoms in total. The van der Waals surface area contributed by atoms with Crippen LogP contribution in [0.3, 0.4) is 0 Å². The van der Waals surface area contributed by atoms with Crippen LogP contribution >= 0.6 is 12.2 Å². The lowest BCUT2D eigenvalue weighted by atomic mass is 9.96. The number of aryl methyl sites for hydroxylation is 1. The fourth-order valence-electron chi connectivity index (χ4n) is 5.00. The van der Waals surface area contributed by atoms with Crippen molar-refractivity contribution in [3.63, 3.8) is 0 Å². The Morgan fingerprint density at radius 2 is 1.70 bits per heavy atom. The number of pyridine rings is 1. The van der Waals surface area contributed by atoms with Crippen molar-refractivity contribution >= 4 is 23.0 Å². The van der Waals surface area contributed by atoms with Crippen LogP contribution in [0.1, 0.15) is 40.3 Å². The van der Waals surface area contributed by atoms with Crippen molar-refractivity contribution in [3.8, 4) is 11.4 Å². The fourth-order valence-corrected chi connectivity index (χ4v) is 5.34. The fraction of sp³-hybridized carbons (Fsp3) is 0.214. The Hall–Kier alpha value is -3.85. The molecule has 2 aromatic heterocycles. The van der Waals surface area contributed by atoms with Crippen molar-refractivity contribution < 1.29 is 17.9 Å². The minimum absolute atomic E-state index is 0.272. The van der Waals surface area contributed by atoms with Crippen LogP contribution in [0.15, 0.2) is 79.0 Å². The summed E-state index contributed by atoms with van der Waals surface area (Å²) >= 11 is 5.80. The molecular formula is C28H25F3N4OS. The molecule has 0 radical (unpaired) electrons. The molecule has 0 saturated carbocycles. The number of thiocarbonyl (C=S) groups is 1. The van der Waals surface area contributed by atoms with Gasteiger partial charge in [-0.05, 0) is 92.3 Å². The van der Waals surface area contributed by atoms with Crippen LogP contribution < -0.4 is 15.0 Å². The third kappa shape index (κ3) is 4.55. The van der Waals surface area contributed by atoms with E-state index in [1.807, 2.05) is 71.8 Å². The van der Waals surface area contributed by atoms with E-state index in [2.05, 4.69) is 10.3 Å². The number of anilines is 1. The molecule has 1 fully saturated rings. The summed E-state index contributed by atoms with van der Waals surface area (Å²) in [6.45, 7) is 3.82. The second-order valence-corrected chi connectivity index (χ2v) is 9.29. The van der Waals surface area contributed by atoms with Crippen molar-refractivity contribution in [1.29, 1.82) is 0 Å². The topological polar surface area (TPSA) is 42.3 Å². The number of ether oxygens (including phenoxy) is 1. The van der Waals surface area contributed by atoms with Crippen LogP contribution in [-0.4, -0.2) is 21.8 Å². The molecule has 3 heterocycles. The molecule has 0 amide bonds. The number of halogens is 3. The predicted molar refractivity (Wildman–Crippen MR) is 141 cm³/mol. The Morgan fingerprint density at radius 3 is 2.35 bits per heavy atom. The summed E-state index contributed by atoms with van der Waals surface area (Å²) in [5.41, 5.74) is 4.03. The average molecular weight is 523 g/mol. The van der Waals surface area contributed by atoms with Crippen LogP contribution in [0.2, 0.25) is 0 Å². The summed E-state index contributed by atoms with van der Waals surface area (Å²) < 4.78 is 47.5. The van der Waals surface area contributed by atoms with Gasteiger partial charge in [0.1, 0.15) is 5.75 Å². The molecule has 5 rings (SSSR count). The maximum atomic E-state index is 13.5. The highest BCUT2D eigenvalue weighted by atomic mass is 32.1. The molecule has 37 heavy (non-hydrogen) atoms. The lowest BCUT2D eigenvalue weighted by Crippen LogP contribution is -2.29. The van der Waals surface area contributed by atoms with E-state index >= 15 is 0 Å². The second kappa shape index (κ2) is 9.55. The van der Waals surface area contributed by atoms with Gasteiger partial charge in [0.25, 0.3) is 0 Å². The Labute approximate surface area is 218 Å². The number of nitrogens with one attached hydrogen (secondary N) is 1. The predicted octanol–water partition coefficient (Wildman–Crippen LogP) is 6.69. The minimum atomic E-state index is -4.43. The van der Waals surface area contributed by atoms with Crippen LogP contribution in [-0.2, 0) is 6.18 Å². The molecule has 0 bridgehead atoms. The summed E-state index contributed by atoms with van der Waals surface area (Å²) in [5, 5.41) is 3.96.